The van der Waals surface area contributed by atoms with Crippen molar-refractivity contribution in [2.45, 2.75) is 32.5 Å². The van der Waals surface area contributed by atoms with E-state index in [4.69, 9.17) is 4.74 Å². The van der Waals surface area contributed by atoms with Crippen LogP contribution in [0.1, 0.15) is 35.7 Å². The number of carbonyl (C=O) groups excluding carboxylic acids is 2. The average molecular weight is 426 g/mol. The van der Waals surface area contributed by atoms with Crippen molar-refractivity contribution < 1.29 is 32.2 Å². The standard InChI is InChI=1S/C19H21F3N4O4/c1-3-4-16(27)26-15-8-13(5-6-23-15)17(28)24-9-12-7-14(29-2)18(25-10-12)30-11-19(20,21)22/h5-8,10H,3-4,9,11H2,1-2H3,(H,24,28)(H,23,26,27). The molecule has 11 heteroatoms. The summed E-state index contributed by atoms with van der Waals surface area (Å²) in [6.07, 6.45) is -0.802. The molecule has 2 heterocycles. The monoisotopic (exact) mass is 426 g/mol. The van der Waals surface area contributed by atoms with Crippen LogP contribution in [0.2, 0.25) is 0 Å². The minimum atomic E-state index is -4.50. The van der Waals surface area contributed by atoms with E-state index in [1.165, 1.54) is 37.7 Å². The first kappa shape index (κ1) is 22.9. The van der Waals surface area contributed by atoms with Crippen molar-refractivity contribution in [2.75, 3.05) is 19.0 Å². The third-order valence-electron chi connectivity index (χ3n) is 3.69. The maximum atomic E-state index is 12.4. The summed E-state index contributed by atoms with van der Waals surface area (Å²) in [5.41, 5.74) is 0.770. The predicted molar refractivity (Wildman–Crippen MR) is 101 cm³/mol. The Balaban J connectivity index is 1.99. The first-order valence-corrected chi connectivity index (χ1v) is 8.98. The zero-order valence-corrected chi connectivity index (χ0v) is 16.4. The highest BCUT2D eigenvalue weighted by Crippen LogP contribution is 2.27. The smallest absolute Gasteiger partial charge is 0.422 e. The van der Waals surface area contributed by atoms with Crippen LogP contribution in [0.3, 0.4) is 0 Å². The third-order valence-corrected chi connectivity index (χ3v) is 3.69. The molecule has 0 aliphatic rings. The molecule has 2 rings (SSSR count). The Morgan fingerprint density at radius 3 is 2.63 bits per heavy atom. The van der Waals surface area contributed by atoms with E-state index in [9.17, 15) is 22.8 Å². The molecule has 0 aliphatic carbocycles. The number of hydrogen-bond acceptors (Lipinski definition) is 6. The second-order valence-corrected chi connectivity index (χ2v) is 6.17. The molecule has 2 N–H and O–H groups in total. The SMILES string of the molecule is CCCC(=O)Nc1cc(C(=O)NCc2cnc(OCC(F)(F)F)c(OC)c2)ccn1. The number of rotatable bonds is 9. The van der Waals surface area contributed by atoms with Crippen molar-refractivity contribution in [3.63, 3.8) is 0 Å². The van der Waals surface area contributed by atoms with Crippen molar-refractivity contribution >= 4 is 17.6 Å². The summed E-state index contributed by atoms with van der Waals surface area (Å²) in [5.74, 6) is -0.661. The highest BCUT2D eigenvalue weighted by molar-refractivity contribution is 5.96. The predicted octanol–water partition coefficient (Wildman–Crippen LogP) is 3.09. The number of anilines is 1. The van der Waals surface area contributed by atoms with Gasteiger partial charge in [0.1, 0.15) is 5.82 Å². The number of hydrogen-bond donors (Lipinski definition) is 2. The normalized spacial score (nSPS) is 11.0. The third kappa shape index (κ3) is 7.22. The molecule has 2 aromatic heterocycles. The van der Waals surface area contributed by atoms with Gasteiger partial charge in [0.25, 0.3) is 11.8 Å². The van der Waals surface area contributed by atoms with Crippen molar-refractivity contribution in [3.8, 4) is 11.6 Å². The van der Waals surface area contributed by atoms with Crippen molar-refractivity contribution in [3.05, 3.63) is 41.7 Å². The Morgan fingerprint density at radius 2 is 1.97 bits per heavy atom. The Hall–Kier alpha value is -3.37. The van der Waals surface area contributed by atoms with E-state index in [0.29, 0.717) is 18.4 Å². The fraction of sp³-hybridized carbons (Fsp3) is 0.368. The molecule has 0 aromatic carbocycles. The Labute approximate surface area is 170 Å². The van der Waals surface area contributed by atoms with E-state index in [2.05, 4.69) is 25.3 Å². The number of aromatic nitrogens is 2. The van der Waals surface area contributed by atoms with Crippen LogP contribution < -0.4 is 20.1 Å². The van der Waals surface area contributed by atoms with E-state index < -0.39 is 18.7 Å². The molecule has 0 spiro atoms. The molecule has 0 aliphatic heterocycles. The van der Waals surface area contributed by atoms with Crippen LogP contribution in [-0.4, -0.2) is 41.7 Å². The second-order valence-electron chi connectivity index (χ2n) is 6.17. The number of nitrogens with one attached hydrogen (secondary N) is 2. The van der Waals surface area contributed by atoms with Gasteiger partial charge in [0.2, 0.25) is 5.91 Å². The molecular formula is C19H21F3N4O4. The van der Waals surface area contributed by atoms with Gasteiger partial charge in [0.05, 0.1) is 7.11 Å². The van der Waals surface area contributed by atoms with Crippen LogP contribution in [0, 0.1) is 0 Å². The molecule has 0 fully saturated rings. The minimum absolute atomic E-state index is 0.0100. The maximum absolute atomic E-state index is 12.4. The summed E-state index contributed by atoms with van der Waals surface area (Å²) >= 11 is 0. The molecule has 2 amide bonds. The fourth-order valence-corrected chi connectivity index (χ4v) is 2.33. The lowest BCUT2D eigenvalue weighted by Gasteiger charge is -2.13. The van der Waals surface area contributed by atoms with Crippen molar-refractivity contribution in [1.29, 1.82) is 0 Å². The van der Waals surface area contributed by atoms with Crippen molar-refractivity contribution in [1.82, 2.24) is 15.3 Å². The average Bonchev–Trinajstić information content (AvgIpc) is 2.70. The number of alkyl halides is 3. The minimum Gasteiger partial charge on any atom is -0.491 e. The van der Waals surface area contributed by atoms with Crippen molar-refractivity contribution in [2.24, 2.45) is 0 Å². The number of ether oxygens (including phenoxy) is 2. The zero-order chi connectivity index (χ0) is 22.1. The molecule has 0 bridgehead atoms. The lowest BCUT2D eigenvalue weighted by atomic mass is 10.2. The molecule has 0 saturated heterocycles. The van der Waals surface area contributed by atoms with Crippen LogP contribution >= 0.6 is 0 Å². The summed E-state index contributed by atoms with van der Waals surface area (Å²) in [6, 6.07) is 4.34. The highest BCUT2D eigenvalue weighted by Gasteiger charge is 2.29. The van der Waals surface area contributed by atoms with E-state index in [0.717, 1.165) is 0 Å². The summed E-state index contributed by atoms with van der Waals surface area (Å²) in [6.45, 7) is 0.420. The molecule has 30 heavy (non-hydrogen) atoms. The number of pyridine rings is 2. The van der Waals surface area contributed by atoms with Gasteiger partial charge in [-0.15, -0.1) is 0 Å². The largest absolute Gasteiger partial charge is 0.491 e. The lowest BCUT2D eigenvalue weighted by molar-refractivity contribution is -0.154. The van der Waals surface area contributed by atoms with E-state index in [1.54, 1.807) is 0 Å². The number of nitrogens with zero attached hydrogens (tertiary/aromatic N) is 2. The summed E-state index contributed by atoms with van der Waals surface area (Å²) < 4.78 is 46.5. The van der Waals surface area contributed by atoms with Gasteiger partial charge in [-0.2, -0.15) is 13.2 Å². The molecule has 2 aromatic rings. The zero-order valence-electron chi connectivity index (χ0n) is 16.4. The van der Waals surface area contributed by atoms with Gasteiger partial charge < -0.3 is 20.1 Å². The molecule has 162 valence electrons. The van der Waals surface area contributed by atoms with Gasteiger partial charge >= 0.3 is 6.18 Å². The van der Waals surface area contributed by atoms with Gasteiger partial charge in [-0.25, -0.2) is 9.97 Å². The first-order valence-electron chi connectivity index (χ1n) is 8.98. The number of amides is 2. The van der Waals surface area contributed by atoms with Crippen LogP contribution in [0.15, 0.2) is 30.6 Å². The van der Waals surface area contributed by atoms with Crippen LogP contribution in [-0.2, 0) is 11.3 Å². The summed E-state index contributed by atoms with van der Waals surface area (Å²) in [7, 11) is 1.27. The quantitative estimate of drug-likeness (QED) is 0.639. The van der Waals surface area contributed by atoms with E-state index >= 15 is 0 Å². The van der Waals surface area contributed by atoms with E-state index in [-0.39, 0.29) is 35.5 Å². The second kappa shape index (κ2) is 10.4. The van der Waals surface area contributed by atoms with Gasteiger partial charge in [0, 0.05) is 30.9 Å². The van der Waals surface area contributed by atoms with Gasteiger partial charge in [-0.05, 0) is 30.2 Å². The first-order chi connectivity index (χ1) is 14.2. The van der Waals surface area contributed by atoms with Gasteiger partial charge in [0.15, 0.2) is 12.4 Å². The van der Waals surface area contributed by atoms with Crippen LogP contribution in [0.25, 0.3) is 0 Å². The summed E-state index contributed by atoms with van der Waals surface area (Å²) in [4.78, 5) is 31.8. The lowest BCUT2D eigenvalue weighted by Crippen LogP contribution is -2.23. The fourth-order valence-electron chi connectivity index (χ4n) is 2.33. The number of halogens is 3. The van der Waals surface area contributed by atoms with Gasteiger partial charge in [-0.3, -0.25) is 9.59 Å². The number of methoxy groups -OCH3 is 1. The summed E-state index contributed by atoms with van der Waals surface area (Å²) in [5, 5.41) is 5.26. The molecule has 8 nitrogen and oxygen atoms in total. The molecular weight excluding hydrogens is 405 g/mol. The topological polar surface area (TPSA) is 102 Å². The molecule has 0 atom stereocenters. The van der Waals surface area contributed by atoms with E-state index in [1.807, 2.05) is 6.92 Å². The molecule has 0 radical (unpaired) electrons. The maximum Gasteiger partial charge on any atom is 0.422 e. The highest BCUT2D eigenvalue weighted by atomic mass is 19.4. The number of carbonyl (C=O) groups is 2. The molecule has 0 unspecified atom stereocenters. The van der Waals surface area contributed by atoms with Crippen LogP contribution in [0.5, 0.6) is 11.6 Å². The van der Waals surface area contributed by atoms with Crippen LogP contribution in [0.4, 0.5) is 19.0 Å². The molecule has 0 saturated carbocycles. The Kier molecular flexibility index (Phi) is 7.96. The Morgan fingerprint density at radius 1 is 1.20 bits per heavy atom. The van der Waals surface area contributed by atoms with Gasteiger partial charge in [-0.1, -0.05) is 6.92 Å². The Bertz CT molecular complexity index is 890.